The first kappa shape index (κ1) is 32.5. The van der Waals surface area contributed by atoms with Crippen LogP contribution in [-0.4, -0.2) is 58.0 Å². The lowest BCUT2D eigenvalue weighted by Crippen LogP contribution is -2.53. The number of benzene rings is 3. The Hall–Kier alpha value is -4.05. The smallest absolute Gasteiger partial charge is 0.264 e. The van der Waals surface area contributed by atoms with Gasteiger partial charge in [0, 0.05) is 12.6 Å². The molecule has 0 unspecified atom stereocenters. The van der Waals surface area contributed by atoms with Gasteiger partial charge in [0.15, 0.2) is 0 Å². The van der Waals surface area contributed by atoms with Gasteiger partial charge in [-0.3, -0.25) is 13.9 Å². The highest BCUT2D eigenvalue weighted by molar-refractivity contribution is 7.92. The second-order valence-corrected chi connectivity index (χ2v) is 12.0. The molecule has 0 heterocycles. The Morgan fingerprint density at radius 1 is 0.881 bits per heavy atom. The van der Waals surface area contributed by atoms with E-state index in [1.54, 1.807) is 55.6 Å². The molecular weight excluding hydrogens is 554 g/mol. The van der Waals surface area contributed by atoms with E-state index in [0.29, 0.717) is 17.9 Å². The van der Waals surface area contributed by atoms with Crippen LogP contribution in [0.25, 0.3) is 0 Å². The zero-order valence-electron chi connectivity index (χ0n) is 25.2. The van der Waals surface area contributed by atoms with Crippen LogP contribution in [0.3, 0.4) is 0 Å². The molecule has 1 N–H and O–H groups in total. The number of para-hydroxylation sites is 2. The first-order valence-corrected chi connectivity index (χ1v) is 15.4. The number of sulfonamides is 1. The second-order valence-electron chi connectivity index (χ2n) is 10.1. The number of nitrogens with one attached hydrogen (secondary N) is 1. The molecule has 3 aromatic carbocycles. The molecule has 10 heteroatoms. The van der Waals surface area contributed by atoms with Crippen LogP contribution in [0.1, 0.15) is 44.7 Å². The summed E-state index contributed by atoms with van der Waals surface area (Å²) in [7, 11) is -1.19. The fraction of sp³-hybridized carbons (Fsp3) is 0.375. The minimum atomic E-state index is -4.20. The Morgan fingerprint density at radius 2 is 1.52 bits per heavy atom. The van der Waals surface area contributed by atoms with E-state index < -0.39 is 28.5 Å². The number of hydrogen-bond donors (Lipinski definition) is 1. The summed E-state index contributed by atoms with van der Waals surface area (Å²) in [5.74, 6) is 0.131. The molecular formula is C32H41N3O6S. The Morgan fingerprint density at radius 3 is 2.10 bits per heavy atom. The fourth-order valence-electron chi connectivity index (χ4n) is 4.47. The summed E-state index contributed by atoms with van der Waals surface area (Å²) in [5, 5.41) is 2.98. The normalized spacial score (nSPS) is 12.6. The summed E-state index contributed by atoms with van der Waals surface area (Å²) < 4.78 is 39.9. The van der Waals surface area contributed by atoms with E-state index in [2.05, 4.69) is 5.32 Å². The summed E-state index contributed by atoms with van der Waals surface area (Å²) >= 11 is 0. The van der Waals surface area contributed by atoms with E-state index in [4.69, 9.17) is 9.47 Å². The van der Waals surface area contributed by atoms with Gasteiger partial charge in [0.05, 0.1) is 24.8 Å². The van der Waals surface area contributed by atoms with Gasteiger partial charge in [-0.25, -0.2) is 8.42 Å². The zero-order chi connectivity index (χ0) is 30.9. The van der Waals surface area contributed by atoms with E-state index in [9.17, 15) is 18.0 Å². The van der Waals surface area contributed by atoms with Crippen molar-refractivity contribution < 1.29 is 27.5 Å². The summed E-state index contributed by atoms with van der Waals surface area (Å²) in [4.78, 5) is 29.1. The molecule has 0 spiro atoms. The van der Waals surface area contributed by atoms with E-state index in [0.717, 1.165) is 21.9 Å². The highest BCUT2D eigenvalue weighted by Gasteiger charge is 2.35. The first-order chi connectivity index (χ1) is 20.0. The molecule has 226 valence electrons. The lowest BCUT2D eigenvalue weighted by atomic mass is 10.1. The Balaban J connectivity index is 2.09. The van der Waals surface area contributed by atoms with Crippen molar-refractivity contribution in [1.29, 1.82) is 0 Å². The molecule has 0 fully saturated rings. The van der Waals surface area contributed by atoms with Gasteiger partial charge in [-0.05, 0) is 68.7 Å². The van der Waals surface area contributed by atoms with Crippen molar-refractivity contribution in [3.8, 4) is 11.5 Å². The summed E-state index contributed by atoms with van der Waals surface area (Å²) in [6, 6.07) is 19.4. The predicted molar refractivity (Wildman–Crippen MR) is 164 cm³/mol. The maximum atomic E-state index is 14.2. The van der Waals surface area contributed by atoms with Crippen molar-refractivity contribution in [1.82, 2.24) is 10.2 Å². The number of hydrogen-bond acceptors (Lipinski definition) is 6. The van der Waals surface area contributed by atoms with Crippen LogP contribution in [0.5, 0.6) is 11.5 Å². The van der Waals surface area contributed by atoms with Crippen molar-refractivity contribution in [3.05, 3.63) is 83.9 Å². The Bertz CT molecular complexity index is 1440. The fourth-order valence-corrected chi connectivity index (χ4v) is 5.90. The molecule has 42 heavy (non-hydrogen) atoms. The minimum absolute atomic E-state index is 0.0371. The SMILES string of the molecule is CC[C@@H](C)NC(=O)[C@@H](CC)N(Cc1ccc(OC)cc1)C(=O)CN(c1ccccc1OC)S(=O)(=O)c1ccc(C)cc1. The van der Waals surface area contributed by atoms with Crippen LogP contribution < -0.4 is 19.1 Å². The molecule has 0 saturated carbocycles. The van der Waals surface area contributed by atoms with Gasteiger partial charge in [-0.2, -0.15) is 0 Å². The average Bonchev–Trinajstić information content (AvgIpc) is 2.99. The van der Waals surface area contributed by atoms with Crippen molar-refractivity contribution in [2.75, 3.05) is 25.1 Å². The number of aryl methyl sites for hydroxylation is 1. The van der Waals surface area contributed by atoms with E-state index >= 15 is 0 Å². The van der Waals surface area contributed by atoms with Gasteiger partial charge in [0.2, 0.25) is 11.8 Å². The van der Waals surface area contributed by atoms with Crippen molar-refractivity contribution in [2.45, 2.75) is 64.1 Å². The Kier molecular flexibility index (Phi) is 11.4. The van der Waals surface area contributed by atoms with Gasteiger partial charge in [-0.1, -0.05) is 55.8 Å². The van der Waals surface area contributed by atoms with Crippen LogP contribution >= 0.6 is 0 Å². The molecule has 0 saturated heterocycles. The van der Waals surface area contributed by atoms with Crippen molar-refractivity contribution in [2.24, 2.45) is 0 Å². The number of ether oxygens (including phenoxy) is 2. The molecule has 9 nitrogen and oxygen atoms in total. The van der Waals surface area contributed by atoms with Crippen LogP contribution in [0.2, 0.25) is 0 Å². The summed E-state index contributed by atoms with van der Waals surface area (Å²) in [6.45, 7) is 7.12. The van der Waals surface area contributed by atoms with Gasteiger partial charge in [0.25, 0.3) is 10.0 Å². The summed E-state index contributed by atoms with van der Waals surface area (Å²) in [5.41, 5.74) is 1.89. The monoisotopic (exact) mass is 595 g/mol. The summed E-state index contributed by atoms with van der Waals surface area (Å²) in [6.07, 6.45) is 1.06. The van der Waals surface area contributed by atoms with Gasteiger partial charge >= 0.3 is 0 Å². The van der Waals surface area contributed by atoms with Gasteiger partial charge < -0.3 is 19.7 Å². The lowest BCUT2D eigenvalue weighted by molar-refractivity contribution is -0.140. The molecule has 2 atom stereocenters. The van der Waals surface area contributed by atoms with Crippen molar-refractivity contribution >= 4 is 27.5 Å². The third-order valence-corrected chi connectivity index (χ3v) is 8.91. The van der Waals surface area contributed by atoms with Crippen LogP contribution in [0.4, 0.5) is 5.69 Å². The third-order valence-electron chi connectivity index (χ3n) is 7.14. The van der Waals surface area contributed by atoms with Crippen LogP contribution in [0.15, 0.2) is 77.7 Å². The molecule has 0 aliphatic rings. The predicted octanol–water partition coefficient (Wildman–Crippen LogP) is 4.93. The number of methoxy groups -OCH3 is 2. The van der Waals surface area contributed by atoms with Gasteiger partial charge in [-0.15, -0.1) is 0 Å². The maximum absolute atomic E-state index is 14.2. The molecule has 0 aliphatic carbocycles. The molecule has 2 amide bonds. The van der Waals surface area contributed by atoms with Crippen LogP contribution in [-0.2, 0) is 26.2 Å². The standard InChI is InChI=1S/C32H41N3O6S/c1-7-24(4)33-32(37)28(8-2)34(21-25-15-17-26(40-5)18-16-25)31(36)22-35(29-11-9-10-12-30(29)41-6)42(38,39)27-19-13-23(3)14-20-27/h9-20,24,28H,7-8,21-22H2,1-6H3,(H,33,37)/t24-,28-/m1/s1. The van der Waals surface area contributed by atoms with Crippen LogP contribution in [0, 0.1) is 6.92 Å². The largest absolute Gasteiger partial charge is 0.497 e. The van der Waals surface area contributed by atoms with E-state index in [1.165, 1.54) is 24.1 Å². The highest BCUT2D eigenvalue weighted by atomic mass is 32.2. The minimum Gasteiger partial charge on any atom is -0.497 e. The van der Waals surface area contributed by atoms with E-state index in [-0.39, 0.29) is 29.1 Å². The quantitative estimate of drug-likeness (QED) is 0.283. The number of nitrogens with zero attached hydrogens (tertiary/aromatic N) is 2. The molecule has 0 aliphatic heterocycles. The number of rotatable bonds is 14. The second kappa shape index (κ2) is 14.7. The number of anilines is 1. The topological polar surface area (TPSA) is 105 Å². The molecule has 0 radical (unpaired) electrons. The zero-order valence-corrected chi connectivity index (χ0v) is 26.0. The maximum Gasteiger partial charge on any atom is 0.264 e. The Labute approximate surface area is 249 Å². The molecule has 0 bridgehead atoms. The van der Waals surface area contributed by atoms with Gasteiger partial charge in [0.1, 0.15) is 24.1 Å². The molecule has 0 aromatic heterocycles. The molecule has 3 rings (SSSR count). The third kappa shape index (κ3) is 7.82. The number of carbonyl (C=O) groups is 2. The number of amides is 2. The van der Waals surface area contributed by atoms with Crippen molar-refractivity contribution in [3.63, 3.8) is 0 Å². The number of carbonyl (C=O) groups excluding carboxylic acids is 2. The lowest BCUT2D eigenvalue weighted by Gasteiger charge is -2.34. The first-order valence-electron chi connectivity index (χ1n) is 14.0. The van der Waals surface area contributed by atoms with E-state index in [1.807, 2.05) is 39.8 Å². The highest BCUT2D eigenvalue weighted by Crippen LogP contribution is 2.32. The average molecular weight is 596 g/mol. The molecule has 3 aromatic rings.